The molecule has 3 rings (SSSR count). The van der Waals surface area contributed by atoms with E-state index >= 15 is 0 Å². The number of amides is 1. The van der Waals surface area contributed by atoms with E-state index in [0.29, 0.717) is 21.6 Å². The summed E-state index contributed by atoms with van der Waals surface area (Å²) in [5.41, 5.74) is 0.431. The number of carboxylic acids is 1. The molecule has 0 radical (unpaired) electrons. The topological polar surface area (TPSA) is 97.6 Å². The number of aromatic nitrogens is 3. The van der Waals surface area contributed by atoms with Gasteiger partial charge in [-0.05, 0) is 19.1 Å². The van der Waals surface area contributed by atoms with Crippen molar-refractivity contribution < 1.29 is 19.4 Å². The lowest BCUT2D eigenvalue weighted by Gasteiger charge is -2.29. The Morgan fingerprint density at radius 3 is 2.64 bits per heavy atom. The first-order chi connectivity index (χ1) is 11.9. The van der Waals surface area contributed by atoms with E-state index in [0.717, 1.165) is 0 Å². The lowest BCUT2D eigenvalue weighted by Crippen LogP contribution is -2.48. The van der Waals surface area contributed by atoms with Crippen LogP contribution < -0.4 is 0 Å². The number of para-hydroxylation sites is 1. The fraction of sp³-hybridized carbons (Fsp3) is 0.333. The van der Waals surface area contributed by atoms with Gasteiger partial charge in [0.25, 0.3) is 5.91 Å². The summed E-state index contributed by atoms with van der Waals surface area (Å²) in [5.74, 6) is -1.21. The molecule has 1 saturated heterocycles. The summed E-state index contributed by atoms with van der Waals surface area (Å²) in [6, 6.07) is 5.02. The summed E-state index contributed by atoms with van der Waals surface area (Å²) >= 11 is 12.4. The lowest BCUT2D eigenvalue weighted by molar-refractivity contribution is -0.154. The molecule has 1 atom stereocenters. The van der Waals surface area contributed by atoms with Gasteiger partial charge in [0.15, 0.2) is 6.10 Å². The second-order valence-electron chi connectivity index (χ2n) is 5.41. The molecule has 2 heterocycles. The molecule has 0 bridgehead atoms. The first-order valence-corrected chi connectivity index (χ1v) is 8.16. The Kier molecular flexibility index (Phi) is 4.94. The highest BCUT2D eigenvalue weighted by atomic mass is 35.5. The normalized spacial score (nSPS) is 17.6. The monoisotopic (exact) mass is 384 g/mol. The van der Waals surface area contributed by atoms with Gasteiger partial charge < -0.3 is 14.7 Å². The molecule has 0 saturated carbocycles. The smallest absolute Gasteiger partial charge is 0.334 e. The van der Waals surface area contributed by atoms with Crippen LogP contribution in [0.25, 0.3) is 5.69 Å². The molecule has 1 aliphatic heterocycles. The average Bonchev–Trinajstić information content (AvgIpc) is 2.96. The van der Waals surface area contributed by atoms with Crippen LogP contribution in [0, 0.1) is 6.92 Å². The number of morpholine rings is 1. The molecule has 1 aliphatic rings. The molecule has 0 aliphatic carbocycles. The van der Waals surface area contributed by atoms with Crippen LogP contribution >= 0.6 is 23.2 Å². The van der Waals surface area contributed by atoms with Crippen LogP contribution in [0.2, 0.25) is 10.0 Å². The number of carboxylic acid groups (broad SMARTS) is 1. The Labute approximate surface area is 152 Å². The number of aryl methyl sites for hydroxylation is 1. The third kappa shape index (κ3) is 3.46. The number of ether oxygens (including phenoxy) is 1. The summed E-state index contributed by atoms with van der Waals surface area (Å²) < 4.78 is 6.51. The number of aliphatic carboxylic acids is 1. The lowest BCUT2D eigenvalue weighted by atomic mass is 10.2. The van der Waals surface area contributed by atoms with Crippen molar-refractivity contribution in [2.45, 2.75) is 13.0 Å². The predicted octanol–water partition coefficient (Wildman–Crippen LogP) is 1.81. The molecule has 2 aromatic rings. The third-order valence-electron chi connectivity index (χ3n) is 3.74. The second kappa shape index (κ2) is 6.99. The van der Waals surface area contributed by atoms with E-state index < -0.39 is 18.0 Å². The minimum absolute atomic E-state index is 0.0560. The molecular weight excluding hydrogens is 371 g/mol. The Balaban J connectivity index is 1.90. The summed E-state index contributed by atoms with van der Waals surface area (Å²) in [7, 11) is 0. The quantitative estimate of drug-likeness (QED) is 0.866. The molecule has 1 N–H and O–H groups in total. The van der Waals surface area contributed by atoms with E-state index in [9.17, 15) is 9.59 Å². The third-order valence-corrected chi connectivity index (χ3v) is 4.35. The number of nitrogens with zero attached hydrogens (tertiary/aromatic N) is 4. The van der Waals surface area contributed by atoms with Gasteiger partial charge in [-0.3, -0.25) is 4.79 Å². The fourth-order valence-corrected chi connectivity index (χ4v) is 3.07. The van der Waals surface area contributed by atoms with Gasteiger partial charge in [0, 0.05) is 6.54 Å². The minimum atomic E-state index is -1.12. The number of rotatable bonds is 3. The number of halogens is 2. The Hall–Kier alpha value is -2.16. The van der Waals surface area contributed by atoms with E-state index in [1.54, 1.807) is 25.1 Å². The van der Waals surface area contributed by atoms with Crippen LogP contribution in [-0.4, -0.2) is 62.4 Å². The van der Waals surface area contributed by atoms with Crippen molar-refractivity contribution in [1.82, 2.24) is 19.7 Å². The van der Waals surface area contributed by atoms with Crippen LogP contribution in [0.3, 0.4) is 0 Å². The Morgan fingerprint density at radius 1 is 1.32 bits per heavy atom. The highest BCUT2D eigenvalue weighted by molar-refractivity contribution is 6.37. The zero-order valence-electron chi connectivity index (χ0n) is 13.1. The molecular formula is C15H14Cl2N4O4. The number of hydrogen-bond donors (Lipinski definition) is 1. The minimum Gasteiger partial charge on any atom is -0.479 e. The van der Waals surface area contributed by atoms with Crippen LogP contribution in [0.4, 0.5) is 0 Å². The Morgan fingerprint density at radius 2 is 2.00 bits per heavy atom. The number of carbonyl (C=O) groups is 2. The van der Waals surface area contributed by atoms with E-state index in [-0.39, 0.29) is 25.5 Å². The molecule has 25 heavy (non-hydrogen) atoms. The summed E-state index contributed by atoms with van der Waals surface area (Å²) in [6.45, 7) is 2.01. The standard InChI is InChI=1S/C15H14Cl2N4O4/c1-8-18-13(14(22)20-5-6-25-11(7-20)15(23)24)19-21(8)12-9(16)3-2-4-10(12)17/h2-4,11H,5-7H2,1H3,(H,23,24)/t11-/m0/s1. The van der Waals surface area contributed by atoms with Gasteiger partial charge in [-0.2, -0.15) is 0 Å². The van der Waals surface area contributed by atoms with Crippen molar-refractivity contribution >= 4 is 35.1 Å². The number of carbonyl (C=O) groups excluding carboxylic acids is 1. The van der Waals surface area contributed by atoms with Gasteiger partial charge in [-0.1, -0.05) is 29.3 Å². The summed E-state index contributed by atoms with van der Waals surface area (Å²) in [5, 5.41) is 14.0. The molecule has 1 aromatic carbocycles. The molecule has 10 heteroatoms. The highest BCUT2D eigenvalue weighted by Gasteiger charge is 2.31. The van der Waals surface area contributed by atoms with Gasteiger partial charge in [0.05, 0.1) is 23.2 Å². The van der Waals surface area contributed by atoms with E-state index in [1.807, 2.05) is 0 Å². The fourth-order valence-electron chi connectivity index (χ4n) is 2.51. The highest BCUT2D eigenvalue weighted by Crippen LogP contribution is 2.28. The van der Waals surface area contributed by atoms with Gasteiger partial charge in [0.1, 0.15) is 11.5 Å². The maximum absolute atomic E-state index is 12.6. The van der Waals surface area contributed by atoms with Crippen LogP contribution in [0.15, 0.2) is 18.2 Å². The van der Waals surface area contributed by atoms with E-state index in [4.69, 9.17) is 33.0 Å². The summed E-state index contributed by atoms with van der Waals surface area (Å²) in [6.07, 6.45) is -1.06. The van der Waals surface area contributed by atoms with Crippen LogP contribution in [0.1, 0.15) is 16.4 Å². The van der Waals surface area contributed by atoms with Gasteiger partial charge in [-0.25, -0.2) is 14.5 Å². The predicted molar refractivity (Wildman–Crippen MR) is 89.4 cm³/mol. The van der Waals surface area contributed by atoms with Crippen molar-refractivity contribution in [3.05, 3.63) is 39.9 Å². The largest absolute Gasteiger partial charge is 0.479 e. The van der Waals surface area contributed by atoms with Crippen molar-refractivity contribution in [3.8, 4) is 5.69 Å². The van der Waals surface area contributed by atoms with E-state index in [2.05, 4.69) is 10.1 Å². The van der Waals surface area contributed by atoms with Crippen LogP contribution in [0.5, 0.6) is 0 Å². The van der Waals surface area contributed by atoms with Crippen molar-refractivity contribution in [2.24, 2.45) is 0 Å². The van der Waals surface area contributed by atoms with Gasteiger partial charge in [0.2, 0.25) is 5.82 Å². The van der Waals surface area contributed by atoms with Crippen molar-refractivity contribution in [1.29, 1.82) is 0 Å². The summed E-state index contributed by atoms with van der Waals surface area (Å²) in [4.78, 5) is 29.2. The van der Waals surface area contributed by atoms with Crippen LogP contribution in [-0.2, 0) is 9.53 Å². The number of benzene rings is 1. The molecule has 1 fully saturated rings. The first kappa shape index (κ1) is 17.7. The SMILES string of the molecule is Cc1nc(C(=O)N2CCO[C@H](C(=O)O)C2)nn1-c1c(Cl)cccc1Cl. The average molecular weight is 385 g/mol. The second-order valence-corrected chi connectivity index (χ2v) is 6.23. The van der Waals surface area contributed by atoms with Gasteiger partial charge in [-0.15, -0.1) is 5.10 Å². The van der Waals surface area contributed by atoms with Crippen molar-refractivity contribution in [3.63, 3.8) is 0 Å². The molecule has 132 valence electrons. The first-order valence-electron chi connectivity index (χ1n) is 7.40. The molecule has 1 aromatic heterocycles. The number of hydrogen-bond acceptors (Lipinski definition) is 5. The van der Waals surface area contributed by atoms with E-state index in [1.165, 1.54) is 9.58 Å². The van der Waals surface area contributed by atoms with Crippen molar-refractivity contribution in [2.75, 3.05) is 19.7 Å². The molecule has 0 spiro atoms. The van der Waals surface area contributed by atoms with Gasteiger partial charge >= 0.3 is 5.97 Å². The molecule has 1 amide bonds. The maximum atomic E-state index is 12.6. The zero-order chi connectivity index (χ0) is 18.1. The maximum Gasteiger partial charge on any atom is 0.334 e. The molecule has 0 unspecified atom stereocenters. The zero-order valence-corrected chi connectivity index (χ0v) is 14.7. The Bertz CT molecular complexity index is 819. The molecule has 8 nitrogen and oxygen atoms in total.